The van der Waals surface area contributed by atoms with E-state index in [1.54, 1.807) is 30.3 Å². The number of piperazine rings is 1. The number of carbonyl (C=O) groups excluding carboxylic acids is 1. The normalized spacial score (nSPS) is 15.2. The molecule has 1 aliphatic rings. The van der Waals surface area contributed by atoms with Gasteiger partial charge in [0, 0.05) is 55.1 Å². The van der Waals surface area contributed by atoms with Gasteiger partial charge in [-0.25, -0.2) is 4.79 Å². The van der Waals surface area contributed by atoms with Gasteiger partial charge < -0.3 is 14.7 Å². The second-order valence-electron chi connectivity index (χ2n) is 6.36. The molecule has 3 rings (SSSR count). The van der Waals surface area contributed by atoms with Crippen molar-refractivity contribution < 1.29 is 14.6 Å². The zero-order valence-corrected chi connectivity index (χ0v) is 15.8. The number of halogens is 1. The molecule has 0 radical (unpaired) electrons. The van der Waals surface area contributed by atoms with Crippen molar-refractivity contribution in [3.05, 3.63) is 65.2 Å². The molecule has 2 aromatic rings. The van der Waals surface area contributed by atoms with Crippen LogP contribution in [0.1, 0.15) is 5.56 Å². The molecular weight excluding hydrogens is 364 g/mol. The summed E-state index contributed by atoms with van der Waals surface area (Å²) in [5.74, 6) is -0.266. The number of carbonyl (C=O) groups is 1. The van der Waals surface area contributed by atoms with Crippen molar-refractivity contribution in [1.29, 1.82) is 0 Å². The summed E-state index contributed by atoms with van der Waals surface area (Å²) >= 11 is 5.94. The van der Waals surface area contributed by atoms with Crippen molar-refractivity contribution in [2.45, 2.75) is 0 Å². The molecule has 0 unspecified atom stereocenters. The molecule has 1 saturated heterocycles. The Hall–Kier alpha value is -2.50. The second kappa shape index (κ2) is 9.44. The largest absolute Gasteiger partial charge is 0.507 e. The summed E-state index contributed by atoms with van der Waals surface area (Å²) in [5.41, 5.74) is 1.77. The van der Waals surface area contributed by atoms with Crippen molar-refractivity contribution >= 4 is 29.3 Å². The lowest BCUT2D eigenvalue weighted by Gasteiger charge is -2.35. The highest BCUT2D eigenvalue weighted by Crippen LogP contribution is 2.19. The molecule has 0 aromatic heterocycles. The number of benzene rings is 2. The van der Waals surface area contributed by atoms with Gasteiger partial charge in [-0.15, -0.1) is 0 Å². The minimum atomic E-state index is -0.405. The standard InChI is InChI=1S/C21H23ClN2O3/c22-18-6-8-19(9-7-18)24-13-11-23(12-14-24)15-16-27-21(26)10-5-17-3-1-2-4-20(17)25/h1-10,25H,11-16H2/b10-5+. The molecule has 0 atom stereocenters. The van der Waals surface area contributed by atoms with Crippen LogP contribution in [0.5, 0.6) is 5.75 Å². The third-order valence-electron chi connectivity index (χ3n) is 4.55. The number of ether oxygens (including phenoxy) is 1. The minimum Gasteiger partial charge on any atom is -0.507 e. The Morgan fingerprint density at radius 2 is 1.78 bits per heavy atom. The third kappa shape index (κ3) is 5.74. The maximum absolute atomic E-state index is 11.8. The molecular formula is C21H23ClN2O3. The van der Waals surface area contributed by atoms with E-state index in [4.69, 9.17) is 16.3 Å². The van der Waals surface area contributed by atoms with Crippen LogP contribution in [-0.2, 0) is 9.53 Å². The van der Waals surface area contributed by atoms with Crippen molar-refractivity contribution in [3.63, 3.8) is 0 Å². The zero-order valence-electron chi connectivity index (χ0n) is 15.1. The Balaban J connectivity index is 1.37. The lowest BCUT2D eigenvalue weighted by Crippen LogP contribution is -2.47. The summed E-state index contributed by atoms with van der Waals surface area (Å²) in [6.07, 6.45) is 2.90. The first-order chi connectivity index (χ1) is 13.1. The van der Waals surface area contributed by atoms with Gasteiger partial charge in [0.1, 0.15) is 12.4 Å². The van der Waals surface area contributed by atoms with E-state index in [0.29, 0.717) is 18.7 Å². The first kappa shape index (κ1) is 19.3. The number of hydrogen-bond donors (Lipinski definition) is 1. The molecule has 1 aliphatic heterocycles. The van der Waals surface area contributed by atoms with Crippen LogP contribution in [0.15, 0.2) is 54.6 Å². The maximum atomic E-state index is 11.8. The Kier molecular flexibility index (Phi) is 6.74. The van der Waals surface area contributed by atoms with Crippen LogP contribution >= 0.6 is 11.6 Å². The summed E-state index contributed by atoms with van der Waals surface area (Å²) in [6, 6.07) is 14.7. The van der Waals surface area contributed by atoms with Crippen molar-refractivity contribution in [2.24, 2.45) is 0 Å². The quantitative estimate of drug-likeness (QED) is 0.609. The van der Waals surface area contributed by atoms with Gasteiger partial charge >= 0.3 is 5.97 Å². The van der Waals surface area contributed by atoms with E-state index in [9.17, 15) is 9.90 Å². The fourth-order valence-corrected chi connectivity index (χ4v) is 3.12. The van der Waals surface area contributed by atoms with Gasteiger partial charge in [-0.1, -0.05) is 29.8 Å². The van der Waals surface area contributed by atoms with Gasteiger partial charge in [-0.05, 0) is 36.4 Å². The third-order valence-corrected chi connectivity index (χ3v) is 4.80. The molecule has 1 N–H and O–H groups in total. The van der Waals surface area contributed by atoms with Gasteiger partial charge in [0.05, 0.1) is 0 Å². The minimum absolute atomic E-state index is 0.139. The van der Waals surface area contributed by atoms with E-state index in [1.807, 2.05) is 24.3 Å². The molecule has 0 bridgehead atoms. The summed E-state index contributed by atoms with van der Waals surface area (Å²) in [5, 5.41) is 10.4. The van der Waals surface area contributed by atoms with Crippen LogP contribution in [0, 0.1) is 0 Å². The summed E-state index contributed by atoms with van der Waals surface area (Å²) in [4.78, 5) is 16.4. The monoisotopic (exact) mass is 386 g/mol. The van der Waals surface area contributed by atoms with E-state index < -0.39 is 5.97 Å². The Morgan fingerprint density at radius 1 is 1.07 bits per heavy atom. The number of phenols is 1. The van der Waals surface area contributed by atoms with Gasteiger partial charge in [-0.3, -0.25) is 4.90 Å². The molecule has 1 fully saturated rings. The van der Waals surface area contributed by atoms with E-state index in [2.05, 4.69) is 9.80 Å². The number of para-hydroxylation sites is 1. The molecule has 142 valence electrons. The number of hydrogen-bond acceptors (Lipinski definition) is 5. The fourth-order valence-electron chi connectivity index (χ4n) is 2.99. The smallest absolute Gasteiger partial charge is 0.330 e. The Labute approximate surface area is 164 Å². The predicted octanol–water partition coefficient (Wildman–Crippen LogP) is 3.42. The Morgan fingerprint density at radius 3 is 2.48 bits per heavy atom. The lowest BCUT2D eigenvalue weighted by molar-refractivity contribution is -0.138. The zero-order chi connectivity index (χ0) is 19.1. The highest BCUT2D eigenvalue weighted by molar-refractivity contribution is 6.30. The lowest BCUT2D eigenvalue weighted by atomic mass is 10.2. The number of aromatic hydroxyl groups is 1. The van der Waals surface area contributed by atoms with Gasteiger partial charge in [0.15, 0.2) is 0 Å². The molecule has 0 spiro atoms. The number of esters is 1. The van der Waals surface area contributed by atoms with E-state index >= 15 is 0 Å². The summed E-state index contributed by atoms with van der Waals surface area (Å²) in [6.45, 7) is 4.78. The van der Waals surface area contributed by atoms with Crippen LogP contribution < -0.4 is 4.90 Å². The number of anilines is 1. The molecule has 0 amide bonds. The van der Waals surface area contributed by atoms with Crippen molar-refractivity contribution in [2.75, 3.05) is 44.2 Å². The first-order valence-corrected chi connectivity index (χ1v) is 9.35. The highest BCUT2D eigenvalue weighted by Gasteiger charge is 2.17. The average molecular weight is 387 g/mol. The van der Waals surface area contributed by atoms with Gasteiger partial charge in [-0.2, -0.15) is 0 Å². The molecule has 6 heteroatoms. The van der Waals surface area contributed by atoms with Crippen molar-refractivity contribution in [1.82, 2.24) is 4.90 Å². The van der Waals surface area contributed by atoms with E-state index in [1.165, 1.54) is 11.8 Å². The van der Waals surface area contributed by atoms with Crippen LogP contribution in [0.3, 0.4) is 0 Å². The highest BCUT2D eigenvalue weighted by atomic mass is 35.5. The maximum Gasteiger partial charge on any atom is 0.330 e. The van der Waals surface area contributed by atoms with E-state index in [-0.39, 0.29) is 5.75 Å². The van der Waals surface area contributed by atoms with E-state index in [0.717, 1.165) is 31.2 Å². The summed E-state index contributed by atoms with van der Waals surface area (Å²) < 4.78 is 5.25. The average Bonchev–Trinajstić information content (AvgIpc) is 2.69. The fraction of sp³-hybridized carbons (Fsp3) is 0.286. The number of phenolic OH excluding ortho intramolecular Hbond substituents is 1. The topological polar surface area (TPSA) is 53.0 Å². The number of nitrogens with zero attached hydrogens (tertiary/aromatic N) is 2. The molecule has 1 heterocycles. The first-order valence-electron chi connectivity index (χ1n) is 8.97. The number of rotatable bonds is 6. The van der Waals surface area contributed by atoms with Crippen LogP contribution in [0.2, 0.25) is 5.02 Å². The van der Waals surface area contributed by atoms with Crippen LogP contribution in [0.4, 0.5) is 5.69 Å². The molecule has 0 saturated carbocycles. The molecule has 2 aromatic carbocycles. The molecule has 27 heavy (non-hydrogen) atoms. The van der Waals surface area contributed by atoms with Crippen LogP contribution in [-0.4, -0.2) is 55.3 Å². The molecule has 0 aliphatic carbocycles. The Bertz CT molecular complexity index is 784. The van der Waals surface area contributed by atoms with Gasteiger partial charge in [0.25, 0.3) is 0 Å². The second-order valence-corrected chi connectivity index (χ2v) is 6.80. The van der Waals surface area contributed by atoms with Gasteiger partial charge in [0.2, 0.25) is 0 Å². The van der Waals surface area contributed by atoms with Crippen LogP contribution in [0.25, 0.3) is 6.08 Å². The predicted molar refractivity (Wildman–Crippen MR) is 108 cm³/mol. The van der Waals surface area contributed by atoms with Crippen molar-refractivity contribution in [3.8, 4) is 5.75 Å². The summed E-state index contributed by atoms with van der Waals surface area (Å²) in [7, 11) is 0. The molecule has 5 nitrogen and oxygen atoms in total. The SMILES string of the molecule is O=C(/C=C/c1ccccc1O)OCCN1CCN(c2ccc(Cl)cc2)CC1.